The highest BCUT2D eigenvalue weighted by Gasteiger charge is 2.07. The maximum atomic E-state index is 5.46. The topological polar surface area (TPSA) is 21.3 Å². The normalized spacial score (nSPS) is 12.6. The standard InChI is InChI=1S/C13H21NOS/c1-3-14-12(10-15-4-2)11-16-13-8-6-5-7-9-13/h5-9,12,14H,3-4,10-11H2,1-2H3. The Morgan fingerprint density at radius 2 is 2.00 bits per heavy atom. The van der Waals surface area contributed by atoms with Crippen molar-refractivity contribution >= 4 is 11.8 Å². The Bertz CT molecular complexity index is 266. The van der Waals surface area contributed by atoms with Crippen LogP contribution in [-0.2, 0) is 4.74 Å². The molecular formula is C13H21NOS. The van der Waals surface area contributed by atoms with Crippen molar-refractivity contribution < 1.29 is 4.74 Å². The average molecular weight is 239 g/mol. The van der Waals surface area contributed by atoms with Crippen LogP contribution in [-0.4, -0.2) is 31.6 Å². The summed E-state index contributed by atoms with van der Waals surface area (Å²) in [4.78, 5) is 1.32. The van der Waals surface area contributed by atoms with Crippen LogP contribution in [0.2, 0.25) is 0 Å². The van der Waals surface area contributed by atoms with Crippen LogP contribution < -0.4 is 5.32 Å². The van der Waals surface area contributed by atoms with Gasteiger partial charge in [-0.15, -0.1) is 11.8 Å². The summed E-state index contributed by atoms with van der Waals surface area (Å²) in [7, 11) is 0. The summed E-state index contributed by atoms with van der Waals surface area (Å²) >= 11 is 1.88. The third-order valence-electron chi connectivity index (χ3n) is 2.21. The van der Waals surface area contributed by atoms with Crippen LogP contribution in [0, 0.1) is 0 Å². The Hall–Kier alpha value is -0.510. The van der Waals surface area contributed by atoms with E-state index in [1.165, 1.54) is 4.90 Å². The molecule has 1 aromatic rings. The molecule has 1 N–H and O–H groups in total. The number of likely N-dealkylation sites (N-methyl/N-ethyl adjacent to an activating group) is 1. The highest BCUT2D eigenvalue weighted by Crippen LogP contribution is 2.17. The van der Waals surface area contributed by atoms with Crippen molar-refractivity contribution in [2.24, 2.45) is 0 Å². The summed E-state index contributed by atoms with van der Waals surface area (Å²) in [6.45, 7) is 6.74. The predicted molar refractivity (Wildman–Crippen MR) is 71.1 cm³/mol. The Kier molecular flexibility index (Phi) is 7.30. The van der Waals surface area contributed by atoms with E-state index in [-0.39, 0.29) is 0 Å². The molecule has 0 heterocycles. The quantitative estimate of drug-likeness (QED) is 0.705. The van der Waals surface area contributed by atoms with Crippen LogP contribution in [0.4, 0.5) is 0 Å². The van der Waals surface area contributed by atoms with Gasteiger partial charge in [0.25, 0.3) is 0 Å². The number of nitrogens with one attached hydrogen (secondary N) is 1. The van der Waals surface area contributed by atoms with Gasteiger partial charge >= 0.3 is 0 Å². The van der Waals surface area contributed by atoms with Crippen molar-refractivity contribution in [3.63, 3.8) is 0 Å². The first-order chi connectivity index (χ1) is 7.86. The number of hydrogen-bond donors (Lipinski definition) is 1. The lowest BCUT2D eigenvalue weighted by Crippen LogP contribution is -2.35. The molecule has 1 atom stereocenters. The van der Waals surface area contributed by atoms with E-state index in [9.17, 15) is 0 Å². The van der Waals surface area contributed by atoms with Crippen LogP contribution >= 0.6 is 11.8 Å². The van der Waals surface area contributed by atoms with E-state index < -0.39 is 0 Å². The maximum absolute atomic E-state index is 5.46. The maximum Gasteiger partial charge on any atom is 0.0627 e. The van der Waals surface area contributed by atoms with Gasteiger partial charge < -0.3 is 10.1 Å². The minimum Gasteiger partial charge on any atom is -0.380 e. The summed E-state index contributed by atoms with van der Waals surface area (Å²) < 4.78 is 5.46. The first-order valence-corrected chi connectivity index (χ1v) is 6.84. The van der Waals surface area contributed by atoms with Gasteiger partial charge in [0.1, 0.15) is 0 Å². The molecule has 3 heteroatoms. The van der Waals surface area contributed by atoms with Crippen LogP contribution in [0.5, 0.6) is 0 Å². The number of benzene rings is 1. The van der Waals surface area contributed by atoms with Crippen molar-refractivity contribution in [3.8, 4) is 0 Å². The lowest BCUT2D eigenvalue weighted by molar-refractivity contribution is 0.129. The van der Waals surface area contributed by atoms with E-state index >= 15 is 0 Å². The summed E-state index contributed by atoms with van der Waals surface area (Å²) in [5.74, 6) is 1.05. The Balaban J connectivity index is 2.31. The number of hydrogen-bond acceptors (Lipinski definition) is 3. The molecule has 1 aromatic carbocycles. The van der Waals surface area contributed by atoms with Gasteiger partial charge in [-0.1, -0.05) is 25.1 Å². The minimum absolute atomic E-state index is 0.440. The second kappa shape index (κ2) is 8.62. The Morgan fingerprint density at radius 3 is 2.62 bits per heavy atom. The molecule has 16 heavy (non-hydrogen) atoms. The van der Waals surface area contributed by atoms with Gasteiger partial charge in [0.2, 0.25) is 0 Å². The monoisotopic (exact) mass is 239 g/mol. The Labute approximate surface area is 103 Å². The Morgan fingerprint density at radius 1 is 1.25 bits per heavy atom. The molecule has 0 fully saturated rings. The zero-order valence-electron chi connectivity index (χ0n) is 10.1. The smallest absolute Gasteiger partial charge is 0.0627 e. The van der Waals surface area contributed by atoms with Crippen LogP contribution in [0.1, 0.15) is 13.8 Å². The molecule has 0 aromatic heterocycles. The zero-order chi connectivity index (χ0) is 11.6. The van der Waals surface area contributed by atoms with E-state index in [1.807, 2.05) is 24.8 Å². The van der Waals surface area contributed by atoms with Crippen LogP contribution in [0.25, 0.3) is 0 Å². The number of ether oxygens (including phenoxy) is 1. The highest BCUT2D eigenvalue weighted by molar-refractivity contribution is 7.99. The summed E-state index contributed by atoms with van der Waals surface area (Å²) in [6, 6.07) is 10.9. The molecule has 0 saturated carbocycles. The summed E-state index contributed by atoms with van der Waals surface area (Å²) in [6.07, 6.45) is 0. The summed E-state index contributed by atoms with van der Waals surface area (Å²) in [5.41, 5.74) is 0. The molecule has 90 valence electrons. The average Bonchev–Trinajstić information content (AvgIpc) is 2.34. The van der Waals surface area contributed by atoms with E-state index in [2.05, 4.69) is 36.5 Å². The molecule has 1 unspecified atom stereocenters. The van der Waals surface area contributed by atoms with E-state index in [4.69, 9.17) is 4.74 Å². The third kappa shape index (κ3) is 5.54. The fourth-order valence-electron chi connectivity index (χ4n) is 1.43. The van der Waals surface area contributed by atoms with Gasteiger partial charge in [-0.05, 0) is 25.6 Å². The first kappa shape index (κ1) is 13.6. The molecule has 0 amide bonds. The van der Waals surface area contributed by atoms with E-state index in [1.54, 1.807) is 0 Å². The molecule has 0 bridgehead atoms. The van der Waals surface area contributed by atoms with Crippen molar-refractivity contribution in [1.29, 1.82) is 0 Å². The SMILES string of the molecule is CCNC(COCC)CSc1ccccc1. The van der Waals surface area contributed by atoms with Crippen molar-refractivity contribution in [3.05, 3.63) is 30.3 Å². The van der Waals surface area contributed by atoms with Crippen molar-refractivity contribution in [2.75, 3.05) is 25.5 Å². The molecule has 1 rings (SSSR count). The molecule has 0 aliphatic heterocycles. The van der Waals surface area contributed by atoms with Crippen LogP contribution in [0.15, 0.2) is 35.2 Å². The predicted octanol–water partition coefficient (Wildman–Crippen LogP) is 2.79. The van der Waals surface area contributed by atoms with Gasteiger partial charge in [-0.2, -0.15) is 0 Å². The van der Waals surface area contributed by atoms with Crippen molar-refractivity contribution in [2.45, 2.75) is 24.8 Å². The molecule has 2 nitrogen and oxygen atoms in total. The first-order valence-electron chi connectivity index (χ1n) is 5.85. The number of rotatable bonds is 8. The molecule has 0 aliphatic rings. The fraction of sp³-hybridized carbons (Fsp3) is 0.538. The number of thioether (sulfide) groups is 1. The second-order valence-electron chi connectivity index (χ2n) is 3.54. The molecular weight excluding hydrogens is 218 g/mol. The zero-order valence-corrected chi connectivity index (χ0v) is 10.9. The largest absolute Gasteiger partial charge is 0.380 e. The highest BCUT2D eigenvalue weighted by atomic mass is 32.2. The molecule has 0 saturated heterocycles. The van der Waals surface area contributed by atoms with E-state index in [0.717, 1.165) is 25.5 Å². The lowest BCUT2D eigenvalue weighted by Gasteiger charge is -2.17. The summed E-state index contributed by atoms with van der Waals surface area (Å²) in [5, 5.41) is 3.44. The molecule has 0 aliphatic carbocycles. The van der Waals surface area contributed by atoms with Gasteiger partial charge in [-0.3, -0.25) is 0 Å². The van der Waals surface area contributed by atoms with E-state index in [0.29, 0.717) is 6.04 Å². The van der Waals surface area contributed by atoms with Crippen LogP contribution in [0.3, 0.4) is 0 Å². The fourth-order valence-corrected chi connectivity index (χ4v) is 2.39. The molecule has 0 radical (unpaired) electrons. The third-order valence-corrected chi connectivity index (χ3v) is 3.38. The van der Waals surface area contributed by atoms with Gasteiger partial charge in [0, 0.05) is 23.3 Å². The second-order valence-corrected chi connectivity index (χ2v) is 4.63. The minimum atomic E-state index is 0.440. The van der Waals surface area contributed by atoms with Gasteiger partial charge in [-0.25, -0.2) is 0 Å². The molecule has 0 spiro atoms. The van der Waals surface area contributed by atoms with Crippen molar-refractivity contribution in [1.82, 2.24) is 5.32 Å². The lowest BCUT2D eigenvalue weighted by atomic mass is 10.3. The van der Waals surface area contributed by atoms with Gasteiger partial charge in [0.05, 0.1) is 6.61 Å². The van der Waals surface area contributed by atoms with Gasteiger partial charge in [0.15, 0.2) is 0 Å².